The van der Waals surface area contributed by atoms with Gasteiger partial charge in [-0.25, -0.2) is 0 Å². The quantitative estimate of drug-likeness (QED) is 0.840. The van der Waals surface area contributed by atoms with Crippen molar-refractivity contribution in [3.8, 4) is 0 Å². The van der Waals surface area contributed by atoms with Gasteiger partial charge in [0.15, 0.2) is 0 Å². The van der Waals surface area contributed by atoms with Crippen molar-refractivity contribution in [1.82, 2.24) is 4.90 Å². The third-order valence-electron chi connectivity index (χ3n) is 4.67. The fourth-order valence-corrected chi connectivity index (χ4v) is 3.33. The van der Waals surface area contributed by atoms with Gasteiger partial charge in [0.25, 0.3) is 0 Å². The summed E-state index contributed by atoms with van der Waals surface area (Å²) in [6.45, 7) is 4.79. The Labute approximate surface area is 144 Å². The molecule has 0 saturated heterocycles. The first-order chi connectivity index (χ1) is 11.4. The summed E-state index contributed by atoms with van der Waals surface area (Å²) < 4.78 is 0. The maximum Gasteiger partial charge on any atom is 0.318 e. The van der Waals surface area contributed by atoms with Crippen molar-refractivity contribution in [2.75, 3.05) is 20.6 Å². The second-order valence-electron chi connectivity index (χ2n) is 6.64. The van der Waals surface area contributed by atoms with Crippen LogP contribution in [0.2, 0.25) is 0 Å². The molecule has 0 aliphatic heterocycles. The van der Waals surface area contributed by atoms with Crippen molar-refractivity contribution in [2.24, 2.45) is 0 Å². The van der Waals surface area contributed by atoms with Crippen LogP contribution in [0.25, 0.3) is 0 Å². The number of carbonyl (C=O) groups is 1. The maximum atomic E-state index is 12.6. The van der Waals surface area contributed by atoms with Crippen molar-refractivity contribution < 1.29 is 9.90 Å². The predicted octanol–water partition coefficient (Wildman–Crippen LogP) is 3.88. The van der Waals surface area contributed by atoms with E-state index in [1.165, 1.54) is 0 Å². The molecule has 3 nitrogen and oxygen atoms in total. The zero-order chi connectivity index (χ0) is 17.7. The van der Waals surface area contributed by atoms with E-state index in [4.69, 9.17) is 0 Å². The maximum absolute atomic E-state index is 12.6. The van der Waals surface area contributed by atoms with Gasteiger partial charge < -0.3 is 10.0 Å². The number of benzene rings is 2. The van der Waals surface area contributed by atoms with Crippen LogP contribution in [0, 0.1) is 6.92 Å². The molecular weight excluding hydrogens is 298 g/mol. The summed E-state index contributed by atoms with van der Waals surface area (Å²) in [6.07, 6.45) is 1.36. The first-order valence-corrected chi connectivity index (χ1v) is 8.45. The van der Waals surface area contributed by atoms with Crippen molar-refractivity contribution in [3.63, 3.8) is 0 Å². The minimum Gasteiger partial charge on any atom is -0.480 e. The molecule has 2 aromatic rings. The molecular formula is C21H27NO2. The molecule has 0 fully saturated rings. The van der Waals surface area contributed by atoms with Gasteiger partial charge in [-0.05, 0) is 57.1 Å². The van der Waals surface area contributed by atoms with Gasteiger partial charge in [0, 0.05) is 0 Å². The lowest BCUT2D eigenvalue weighted by Crippen LogP contribution is -2.40. The Morgan fingerprint density at radius 1 is 1.12 bits per heavy atom. The molecule has 0 amide bonds. The van der Waals surface area contributed by atoms with Crippen molar-refractivity contribution in [3.05, 3.63) is 70.8 Å². The van der Waals surface area contributed by atoms with Gasteiger partial charge in [-0.15, -0.1) is 0 Å². The molecule has 0 saturated carbocycles. The van der Waals surface area contributed by atoms with Crippen LogP contribution in [-0.2, 0) is 16.6 Å². The van der Waals surface area contributed by atoms with Crippen LogP contribution in [0.5, 0.6) is 0 Å². The predicted molar refractivity (Wildman–Crippen MR) is 98.6 cm³/mol. The van der Waals surface area contributed by atoms with Crippen LogP contribution < -0.4 is 0 Å². The Morgan fingerprint density at radius 2 is 1.83 bits per heavy atom. The SMILES string of the molecule is CCc1ccccc1C(CCN(C)C)(C(=O)O)c1cccc(C)c1. The van der Waals surface area contributed by atoms with Crippen LogP contribution in [0.15, 0.2) is 48.5 Å². The van der Waals surface area contributed by atoms with E-state index >= 15 is 0 Å². The van der Waals surface area contributed by atoms with E-state index in [0.29, 0.717) is 13.0 Å². The third-order valence-corrected chi connectivity index (χ3v) is 4.67. The molecule has 128 valence electrons. The monoisotopic (exact) mass is 325 g/mol. The third kappa shape index (κ3) is 3.51. The topological polar surface area (TPSA) is 40.5 Å². The molecule has 0 radical (unpaired) electrons. The van der Waals surface area contributed by atoms with Crippen LogP contribution >= 0.6 is 0 Å². The molecule has 0 bridgehead atoms. The van der Waals surface area contributed by atoms with Crippen molar-refractivity contribution in [1.29, 1.82) is 0 Å². The highest BCUT2D eigenvalue weighted by Gasteiger charge is 2.43. The van der Waals surface area contributed by atoms with Gasteiger partial charge in [-0.2, -0.15) is 0 Å². The van der Waals surface area contributed by atoms with Gasteiger partial charge in [0.2, 0.25) is 0 Å². The number of aliphatic carboxylic acids is 1. The first kappa shape index (κ1) is 18.2. The van der Waals surface area contributed by atoms with Gasteiger partial charge in [-0.3, -0.25) is 4.79 Å². The molecule has 0 aliphatic carbocycles. The lowest BCUT2D eigenvalue weighted by atomic mass is 9.69. The molecule has 2 aromatic carbocycles. The lowest BCUT2D eigenvalue weighted by Gasteiger charge is -2.33. The number of hydrogen-bond acceptors (Lipinski definition) is 2. The molecule has 0 spiro atoms. The highest BCUT2D eigenvalue weighted by Crippen LogP contribution is 2.38. The van der Waals surface area contributed by atoms with Crippen LogP contribution in [0.1, 0.15) is 35.6 Å². The minimum absolute atomic E-state index is 0.538. The van der Waals surface area contributed by atoms with E-state index < -0.39 is 11.4 Å². The van der Waals surface area contributed by atoms with E-state index in [-0.39, 0.29) is 0 Å². The average Bonchev–Trinajstić information content (AvgIpc) is 2.55. The van der Waals surface area contributed by atoms with Crippen molar-refractivity contribution >= 4 is 5.97 Å². The largest absolute Gasteiger partial charge is 0.480 e. The number of nitrogens with zero attached hydrogens (tertiary/aromatic N) is 1. The molecule has 3 heteroatoms. The fourth-order valence-electron chi connectivity index (χ4n) is 3.33. The van der Waals surface area contributed by atoms with E-state index in [2.05, 4.69) is 6.92 Å². The normalized spacial score (nSPS) is 13.7. The Balaban J connectivity index is 2.73. The van der Waals surface area contributed by atoms with Crippen LogP contribution in [0.4, 0.5) is 0 Å². The minimum atomic E-state index is -1.02. The molecule has 24 heavy (non-hydrogen) atoms. The molecule has 0 aliphatic rings. The standard InChI is InChI=1S/C21H27NO2/c1-5-17-10-6-7-12-19(17)21(20(23)24,13-14-22(3)4)18-11-8-9-16(2)15-18/h6-12,15H,5,13-14H2,1-4H3,(H,23,24). The van der Waals surface area contributed by atoms with E-state index in [1.54, 1.807) is 0 Å². The van der Waals surface area contributed by atoms with Gasteiger partial charge in [0.1, 0.15) is 5.41 Å². The Morgan fingerprint density at radius 3 is 2.42 bits per heavy atom. The number of rotatable bonds is 7. The summed E-state index contributed by atoms with van der Waals surface area (Å²) in [5.41, 5.74) is 2.92. The van der Waals surface area contributed by atoms with Gasteiger partial charge in [-0.1, -0.05) is 61.0 Å². The fraction of sp³-hybridized carbons (Fsp3) is 0.381. The second kappa shape index (κ2) is 7.63. The summed E-state index contributed by atoms with van der Waals surface area (Å²) in [5, 5.41) is 10.3. The number of carboxylic acids is 1. The number of carboxylic acid groups (broad SMARTS) is 1. The van der Waals surface area contributed by atoms with Crippen LogP contribution in [0.3, 0.4) is 0 Å². The zero-order valence-corrected chi connectivity index (χ0v) is 15.0. The zero-order valence-electron chi connectivity index (χ0n) is 15.0. The summed E-state index contributed by atoms with van der Waals surface area (Å²) in [7, 11) is 3.96. The lowest BCUT2D eigenvalue weighted by molar-refractivity contribution is -0.142. The summed E-state index contributed by atoms with van der Waals surface area (Å²) in [4.78, 5) is 14.6. The van der Waals surface area contributed by atoms with E-state index in [9.17, 15) is 9.90 Å². The second-order valence-corrected chi connectivity index (χ2v) is 6.64. The molecule has 1 N–H and O–H groups in total. The molecule has 1 atom stereocenters. The van der Waals surface area contributed by atoms with Gasteiger partial charge >= 0.3 is 5.97 Å². The summed E-state index contributed by atoms with van der Waals surface area (Å²) >= 11 is 0. The van der Waals surface area contributed by atoms with Crippen LogP contribution in [-0.4, -0.2) is 36.6 Å². The first-order valence-electron chi connectivity index (χ1n) is 8.45. The highest BCUT2D eigenvalue weighted by molar-refractivity contribution is 5.86. The summed E-state index contributed by atoms with van der Waals surface area (Å²) in [5.74, 6) is -0.782. The van der Waals surface area contributed by atoms with E-state index in [0.717, 1.165) is 28.7 Å². The summed E-state index contributed by atoms with van der Waals surface area (Å²) in [6, 6.07) is 15.9. The van der Waals surface area contributed by atoms with E-state index in [1.807, 2.05) is 74.4 Å². The molecule has 2 rings (SSSR count). The highest BCUT2D eigenvalue weighted by atomic mass is 16.4. The Kier molecular flexibility index (Phi) is 5.79. The Bertz CT molecular complexity index is 708. The molecule has 1 unspecified atom stereocenters. The smallest absolute Gasteiger partial charge is 0.318 e. The average molecular weight is 325 g/mol. The molecule has 0 aromatic heterocycles. The number of aryl methyl sites for hydroxylation is 2. The molecule has 0 heterocycles. The van der Waals surface area contributed by atoms with Gasteiger partial charge in [0.05, 0.1) is 0 Å². The number of hydrogen-bond donors (Lipinski definition) is 1. The Hall–Kier alpha value is -2.13. The van der Waals surface area contributed by atoms with Crippen molar-refractivity contribution in [2.45, 2.75) is 32.1 Å².